The van der Waals surface area contributed by atoms with Crippen molar-refractivity contribution < 1.29 is 9.59 Å². The van der Waals surface area contributed by atoms with Crippen molar-refractivity contribution >= 4 is 35.0 Å². The molecule has 0 aromatic heterocycles. The zero-order valence-electron chi connectivity index (χ0n) is 18.2. The smallest absolute Gasteiger partial charge is 0.243 e. The maximum absolute atomic E-state index is 13.4. The third-order valence-electron chi connectivity index (χ3n) is 5.86. The number of carbonyl (C=O) groups excluding carboxylic acids is 2. The molecular weight excluding hydrogens is 431 g/mol. The summed E-state index contributed by atoms with van der Waals surface area (Å²) in [5.74, 6) is -0.169. The molecule has 1 fully saturated rings. The fourth-order valence-corrected chi connectivity index (χ4v) is 4.54. The van der Waals surface area contributed by atoms with Crippen molar-refractivity contribution in [3.05, 3.63) is 69.2 Å². The first-order valence-electron chi connectivity index (χ1n) is 11.0. The van der Waals surface area contributed by atoms with Gasteiger partial charge in [-0.1, -0.05) is 78.9 Å². The molecule has 31 heavy (non-hydrogen) atoms. The van der Waals surface area contributed by atoms with E-state index in [-0.39, 0.29) is 24.3 Å². The summed E-state index contributed by atoms with van der Waals surface area (Å²) in [7, 11) is 0. The number of nitrogens with zero attached hydrogens (tertiary/aromatic N) is 1. The molecule has 166 valence electrons. The summed E-state index contributed by atoms with van der Waals surface area (Å²) in [6, 6.07) is 13.0. The quantitative estimate of drug-likeness (QED) is 0.548. The minimum Gasteiger partial charge on any atom is -0.352 e. The highest BCUT2D eigenvalue weighted by atomic mass is 35.5. The first-order chi connectivity index (χ1) is 14.9. The van der Waals surface area contributed by atoms with E-state index >= 15 is 0 Å². The van der Waals surface area contributed by atoms with E-state index in [9.17, 15) is 9.59 Å². The molecule has 1 aliphatic carbocycles. The first-order valence-corrected chi connectivity index (χ1v) is 11.7. The van der Waals surface area contributed by atoms with Crippen molar-refractivity contribution in [2.45, 2.75) is 71.0 Å². The molecule has 0 bridgehead atoms. The molecule has 4 nitrogen and oxygen atoms in total. The van der Waals surface area contributed by atoms with E-state index in [0.717, 1.165) is 42.4 Å². The lowest BCUT2D eigenvalue weighted by molar-refractivity contribution is -0.141. The van der Waals surface area contributed by atoms with Crippen LogP contribution in [-0.4, -0.2) is 28.8 Å². The Morgan fingerprint density at radius 3 is 2.45 bits per heavy atom. The Morgan fingerprint density at radius 1 is 1.06 bits per heavy atom. The maximum atomic E-state index is 13.4. The van der Waals surface area contributed by atoms with Crippen LogP contribution in [0.25, 0.3) is 0 Å². The number of rotatable bonds is 8. The molecule has 1 atom stereocenters. The van der Waals surface area contributed by atoms with Gasteiger partial charge in [-0.05, 0) is 49.4 Å². The van der Waals surface area contributed by atoms with Crippen LogP contribution in [0.2, 0.25) is 10.0 Å². The topological polar surface area (TPSA) is 49.4 Å². The fourth-order valence-electron chi connectivity index (χ4n) is 4.22. The molecule has 1 aliphatic rings. The second kappa shape index (κ2) is 11.0. The summed E-state index contributed by atoms with van der Waals surface area (Å²) >= 11 is 12.2. The van der Waals surface area contributed by atoms with Gasteiger partial charge in [0.2, 0.25) is 11.8 Å². The van der Waals surface area contributed by atoms with Gasteiger partial charge in [-0.3, -0.25) is 9.59 Å². The highest BCUT2D eigenvalue weighted by molar-refractivity contribution is 6.42. The van der Waals surface area contributed by atoms with Crippen LogP contribution in [-0.2, 0) is 22.6 Å². The molecule has 6 heteroatoms. The standard InChI is InChI=1S/C25H30Cl2N2O2/c1-3-23(25(31)28-20-9-4-5-10-20)29(16-19-8-6-7-17(2)13-19)24(30)15-18-11-12-21(26)22(27)14-18/h6-8,11-14,20,23H,3-5,9-10,15-16H2,1-2H3,(H,28,31). The van der Waals surface area contributed by atoms with E-state index in [1.807, 2.05) is 32.0 Å². The molecule has 0 aliphatic heterocycles. The molecule has 3 rings (SSSR count). The lowest BCUT2D eigenvalue weighted by Gasteiger charge is -2.31. The van der Waals surface area contributed by atoms with Gasteiger partial charge in [-0.25, -0.2) is 0 Å². The third-order valence-corrected chi connectivity index (χ3v) is 6.60. The SMILES string of the molecule is CCC(C(=O)NC1CCCC1)N(Cc1cccc(C)c1)C(=O)Cc1ccc(Cl)c(Cl)c1. The van der Waals surface area contributed by atoms with Crippen LogP contribution < -0.4 is 5.32 Å². The van der Waals surface area contributed by atoms with Gasteiger partial charge in [0.15, 0.2) is 0 Å². The van der Waals surface area contributed by atoms with Crippen molar-refractivity contribution in [3.63, 3.8) is 0 Å². The molecule has 0 heterocycles. The van der Waals surface area contributed by atoms with Crippen LogP contribution in [0.3, 0.4) is 0 Å². The van der Waals surface area contributed by atoms with Crippen molar-refractivity contribution in [3.8, 4) is 0 Å². The lowest BCUT2D eigenvalue weighted by atomic mass is 10.1. The van der Waals surface area contributed by atoms with E-state index in [1.54, 1.807) is 23.1 Å². The molecule has 1 N–H and O–H groups in total. The van der Waals surface area contributed by atoms with Crippen molar-refractivity contribution in [1.29, 1.82) is 0 Å². The van der Waals surface area contributed by atoms with Gasteiger partial charge in [-0.15, -0.1) is 0 Å². The average Bonchev–Trinajstić information content (AvgIpc) is 3.23. The van der Waals surface area contributed by atoms with E-state index in [1.165, 1.54) is 0 Å². The summed E-state index contributed by atoms with van der Waals surface area (Å²) in [4.78, 5) is 28.3. The number of hydrogen-bond donors (Lipinski definition) is 1. The van der Waals surface area contributed by atoms with Crippen molar-refractivity contribution in [1.82, 2.24) is 10.2 Å². The normalized spacial score (nSPS) is 15.0. The Balaban J connectivity index is 1.83. The van der Waals surface area contributed by atoms with Crippen molar-refractivity contribution in [2.75, 3.05) is 0 Å². The largest absolute Gasteiger partial charge is 0.352 e. The van der Waals surface area contributed by atoms with Crippen molar-refractivity contribution in [2.24, 2.45) is 0 Å². The van der Waals surface area contributed by atoms with Crippen LogP contribution in [0.4, 0.5) is 0 Å². The van der Waals surface area contributed by atoms with Crippen LogP contribution >= 0.6 is 23.2 Å². The molecule has 2 aromatic carbocycles. The highest BCUT2D eigenvalue weighted by Crippen LogP contribution is 2.24. The maximum Gasteiger partial charge on any atom is 0.243 e. The van der Waals surface area contributed by atoms with E-state index in [4.69, 9.17) is 23.2 Å². The summed E-state index contributed by atoms with van der Waals surface area (Å²) in [6.45, 7) is 4.36. The number of amides is 2. The minimum absolute atomic E-state index is 0.0652. The third kappa shape index (κ3) is 6.47. The number of carbonyl (C=O) groups is 2. The van der Waals surface area contributed by atoms with Gasteiger partial charge >= 0.3 is 0 Å². The van der Waals surface area contributed by atoms with E-state index < -0.39 is 6.04 Å². The van der Waals surface area contributed by atoms with E-state index in [2.05, 4.69) is 11.4 Å². The number of hydrogen-bond acceptors (Lipinski definition) is 2. The lowest BCUT2D eigenvalue weighted by Crippen LogP contribution is -2.51. The molecule has 1 saturated carbocycles. The Kier molecular flexibility index (Phi) is 8.39. The minimum atomic E-state index is -0.517. The van der Waals surface area contributed by atoms with Crippen LogP contribution in [0.5, 0.6) is 0 Å². The van der Waals surface area contributed by atoms with Gasteiger partial charge in [0.05, 0.1) is 16.5 Å². The second-order valence-electron chi connectivity index (χ2n) is 8.35. The summed E-state index contributed by atoms with van der Waals surface area (Å²) in [5.41, 5.74) is 2.91. The van der Waals surface area contributed by atoms with Crippen LogP contribution in [0, 0.1) is 6.92 Å². The first kappa shape index (κ1) is 23.6. The molecule has 0 saturated heterocycles. The van der Waals surface area contributed by atoms with Gasteiger partial charge in [0.1, 0.15) is 6.04 Å². The second-order valence-corrected chi connectivity index (χ2v) is 9.16. The Labute approximate surface area is 194 Å². The van der Waals surface area contributed by atoms with E-state index in [0.29, 0.717) is 23.0 Å². The van der Waals surface area contributed by atoms with Crippen LogP contribution in [0.15, 0.2) is 42.5 Å². The predicted molar refractivity (Wildman–Crippen MR) is 126 cm³/mol. The predicted octanol–water partition coefficient (Wildman–Crippen LogP) is 5.71. The molecule has 0 spiro atoms. The molecule has 1 unspecified atom stereocenters. The Hall–Kier alpha value is -2.04. The zero-order chi connectivity index (χ0) is 22.4. The van der Waals surface area contributed by atoms with Gasteiger partial charge in [0.25, 0.3) is 0 Å². The van der Waals surface area contributed by atoms with Gasteiger partial charge in [0, 0.05) is 12.6 Å². The summed E-state index contributed by atoms with van der Waals surface area (Å²) in [6.07, 6.45) is 5.03. The number of nitrogens with one attached hydrogen (secondary N) is 1. The van der Waals surface area contributed by atoms with Gasteiger partial charge in [-0.2, -0.15) is 0 Å². The van der Waals surface area contributed by atoms with Crippen LogP contribution in [0.1, 0.15) is 55.7 Å². The molecule has 0 radical (unpaired) electrons. The number of halogens is 2. The fraction of sp³-hybridized carbons (Fsp3) is 0.440. The Morgan fingerprint density at radius 2 is 1.81 bits per heavy atom. The number of benzene rings is 2. The zero-order valence-corrected chi connectivity index (χ0v) is 19.7. The summed E-state index contributed by atoms with van der Waals surface area (Å²) < 4.78 is 0. The molecule has 2 amide bonds. The van der Waals surface area contributed by atoms with Gasteiger partial charge < -0.3 is 10.2 Å². The molecular formula is C25H30Cl2N2O2. The average molecular weight is 461 g/mol. The monoisotopic (exact) mass is 460 g/mol. The highest BCUT2D eigenvalue weighted by Gasteiger charge is 2.30. The number of aryl methyl sites for hydroxylation is 1. The Bertz CT molecular complexity index is 925. The summed E-state index contributed by atoms with van der Waals surface area (Å²) in [5, 5.41) is 4.05. The molecule has 2 aromatic rings.